The number of nitrogens with zero attached hydrogens (tertiary/aromatic N) is 2. The molecule has 0 aliphatic heterocycles. The van der Waals surface area contributed by atoms with E-state index < -0.39 is 0 Å². The van der Waals surface area contributed by atoms with Crippen molar-refractivity contribution >= 4 is 11.6 Å². The van der Waals surface area contributed by atoms with Gasteiger partial charge in [-0.3, -0.25) is 9.97 Å². The van der Waals surface area contributed by atoms with E-state index in [0.29, 0.717) is 11.6 Å². The molecular weight excluding hydrogens is 274 g/mol. The Kier molecular flexibility index (Phi) is 5.47. The first-order valence-electron chi connectivity index (χ1n) is 6.49. The van der Waals surface area contributed by atoms with Crippen LogP contribution in [0.15, 0.2) is 42.9 Å². The Hall–Kier alpha value is -1.49. The standard InChI is InChI=1S/C15H18ClN3O/c1-11(14-9-17-7-8-18-14)19-10-15(20-2)12-5-3-4-6-13(12)16/h3-9,11,15,19H,10H2,1-2H3. The van der Waals surface area contributed by atoms with Crippen LogP contribution in [0, 0.1) is 0 Å². The Morgan fingerprint density at radius 2 is 2.10 bits per heavy atom. The van der Waals surface area contributed by atoms with Crippen LogP contribution in [0.1, 0.15) is 30.3 Å². The van der Waals surface area contributed by atoms with E-state index in [1.165, 1.54) is 0 Å². The molecule has 0 saturated heterocycles. The third kappa shape index (κ3) is 3.76. The number of halogens is 1. The predicted molar refractivity (Wildman–Crippen MR) is 79.7 cm³/mol. The molecule has 2 unspecified atom stereocenters. The Labute approximate surface area is 124 Å². The molecule has 1 aromatic heterocycles. The molecule has 4 nitrogen and oxygen atoms in total. The van der Waals surface area contributed by atoms with Gasteiger partial charge in [0.25, 0.3) is 0 Å². The zero-order valence-corrected chi connectivity index (χ0v) is 12.3. The van der Waals surface area contributed by atoms with Crippen molar-refractivity contribution in [2.24, 2.45) is 0 Å². The molecule has 1 aromatic carbocycles. The highest BCUT2D eigenvalue weighted by Gasteiger charge is 2.15. The van der Waals surface area contributed by atoms with Gasteiger partial charge in [-0.25, -0.2) is 0 Å². The lowest BCUT2D eigenvalue weighted by Crippen LogP contribution is -2.26. The van der Waals surface area contributed by atoms with Crippen LogP contribution in [0.5, 0.6) is 0 Å². The second-order valence-corrected chi connectivity index (χ2v) is 4.91. The largest absolute Gasteiger partial charge is 0.375 e. The van der Waals surface area contributed by atoms with E-state index in [9.17, 15) is 0 Å². The Morgan fingerprint density at radius 3 is 2.75 bits per heavy atom. The number of nitrogens with one attached hydrogen (secondary N) is 1. The first-order valence-corrected chi connectivity index (χ1v) is 6.86. The van der Waals surface area contributed by atoms with Crippen LogP contribution in [-0.4, -0.2) is 23.6 Å². The van der Waals surface area contributed by atoms with Gasteiger partial charge in [0, 0.05) is 48.9 Å². The quantitative estimate of drug-likeness (QED) is 0.888. The van der Waals surface area contributed by atoms with Crippen LogP contribution in [0.2, 0.25) is 5.02 Å². The summed E-state index contributed by atoms with van der Waals surface area (Å²) in [6, 6.07) is 7.82. The molecule has 0 fully saturated rings. The number of hydrogen-bond donors (Lipinski definition) is 1. The van der Waals surface area contributed by atoms with Gasteiger partial charge in [-0.2, -0.15) is 0 Å². The van der Waals surface area contributed by atoms with Crippen molar-refractivity contribution < 1.29 is 4.74 Å². The van der Waals surface area contributed by atoms with Gasteiger partial charge < -0.3 is 10.1 Å². The van der Waals surface area contributed by atoms with Crippen LogP contribution in [0.3, 0.4) is 0 Å². The molecule has 106 valence electrons. The molecule has 2 rings (SSSR count). The molecule has 0 amide bonds. The second kappa shape index (κ2) is 7.33. The van der Waals surface area contributed by atoms with Crippen molar-refractivity contribution in [1.82, 2.24) is 15.3 Å². The van der Waals surface area contributed by atoms with Gasteiger partial charge in [0.2, 0.25) is 0 Å². The molecule has 0 aliphatic carbocycles. The van der Waals surface area contributed by atoms with Gasteiger partial charge >= 0.3 is 0 Å². The minimum absolute atomic E-state index is 0.0946. The molecule has 0 saturated carbocycles. The number of hydrogen-bond acceptors (Lipinski definition) is 4. The highest BCUT2D eigenvalue weighted by Crippen LogP contribution is 2.25. The molecule has 0 aliphatic rings. The normalized spacial score (nSPS) is 13.9. The van der Waals surface area contributed by atoms with Gasteiger partial charge in [0.05, 0.1) is 11.8 Å². The minimum Gasteiger partial charge on any atom is -0.375 e. The smallest absolute Gasteiger partial charge is 0.0959 e. The number of rotatable bonds is 6. The molecule has 2 aromatic rings. The maximum atomic E-state index is 6.20. The highest BCUT2D eigenvalue weighted by molar-refractivity contribution is 6.31. The average molecular weight is 292 g/mol. The third-order valence-electron chi connectivity index (χ3n) is 3.17. The molecule has 0 bridgehead atoms. The third-order valence-corrected chi connectivity index (χ3v) is 3.52. The van der Waals surface area contributed by atoms with Crippen LogP contribution >= 0.6 is 11.6 Å². The summed E-state index contributed by atoms with van der Waals surface area (Å²) >= 11 is 6.20. The summed E-state index contributed by atoms with van der Waals surface area (Å²) in [6.07, 6.45) is 5.02. The Balaban J connectivity index is 2.00. The van der Waals surface area contributed by atoms with E-state index in [1.807, 2.05) is 31.2 Å². The fraction of sp³-hybridized carbons (Fsp3) is 0.333. The maximum absolute atomic E-state index is 6.20. The summed E-state index contributed by atoms with van der Waals surface area (Å²) in [4.78, 5) is 8.35. The van der Waals surface area contributed by atoms with E-state index >= 15 is 0 Å². The van der Waals surface area contributed by atoms with Crippen molar-refractivity contribution in [3.63, 3.8) is 0 Å². The molecule has 0 radical (unpaired) electrons. The van der Waals surface area contributed by atoms with E-state index in [2.05, 4.69) is 15.3 Å². The SMILES string of the molecule is COC(CNC(C)c1cnccn1)c1ccccc1Cl. The Bertz CT molecular complexity index is 536. The maximum Gasteiger partial charge on any atom is 0.0959 e. The number of ether oxygens (including phenoxy) is 1. The second-order valence-electron chi connectivity index (χ2n) is 4.51. The van der Waals surface area contributed by atoms with Crippen LogP contribution < -0.4 is 5.32 Å². The van der Waals surface area contributed by atoms with Gasteiger partial charge in [-0.1, -0.05) is 29.8 Å². The highest BCUT2D eigenvalue weighted by atomic mass is 35.5. The van der Waals surface area contributed by atoms with Crippen LogP contribution in [0.25, 0.3) is 0 Å². The van der Waals surface area contributed by atoms with Gasteiger partial charge in [0.1, 0.15) is 0 Å². The number of methoxy groups -OCH3 is 1. The number of benzene rings is 1. The topological polar surface area (TPSA) is 47.0 Å². The Morgan fingerprint density at radius 1 is 1.30 bits per heavy atom. The number of aromatic nitrogens is 2. The zero-order chi connectivity index (χ0) is 14.4. The van der Waals surface area contributed by atoms with Crippen LogP contribution in [-0.2, 0) is 4.74 Å². The van der Waals surface area contributed by atoms with E-state index in [4.69, 9.17) is 16.3 Å². The summed E-state index contributed by atoms with van der Waals surface area (Å²) in [5, 5.41) is 4.11. The van der Waals surface area contributed by atoms with Gasteiger partial charge in [-0.15, -0.1) is 0 Å². The van der Waals surface area contributed by atoms with Crippen molar-refractivity contribution in [2.45, 2.75) is 19.1 Å². The van der Waals surface area contributed by atoms with Gasteiger partial charge in [-0.05, 0) is 13.0 Å². The average Bonchev–Trinajstić information content (AvgIpc) is 2.50. The van der Waals surface area contributed by atoms with E-state index in [0.717, 1.165) is 11.3 Å². The fourth-order valence-corrected chi connectivity index (χ4v) is 2.24. The van der Waals surface area contributed by atoms with Crippen molar-refractivity contribution in [2.75, 3.05) is 13.7 Å². The van der Waals surface area contributed by atoms with E-state index in [1.54, 1.807) is 25.7 Å². The first kappa shape index (κ1) is 14.9. The molecule has 1 heterocycles. The lowest BCUT2D eigenvalue weighted by molar-refractivity contribution is 0.0998. The summed E-state index contributed by atoms with van der Waals surface area (Å²) < 4.78 is 5.52. The van der Waals surface area contributed by atoms with Crippen molar-refractivity contribution in [3.05, 3.63) is 59.1 Å². The zero-order valence-electron chi connectivity index (χ0n) is 11.6. The molecular formula is C15H18ClN3O. The first-order chi connectivity index (χ1) is 9.72. The molecule has 2 atom stereocenters. The van der Waals surface area contributed by atoms with Crippen LogP contribution in [0.4, 0.5) is 0 Å². The molecule has 5 heteroatoms. The van der Waals surface area contributed by atoms with Crippen molar-refractivity contribution in [3.8, 4) is 0 Å². The van der Waals surface area contributed by atoms with Gasteiger partial charge in [0.15, 0.2) is 0 Å². The lowest BCUT2D eigenvalue weighted by atomic mass is 10.1. The molecule has 0 spiro atoms. The summed E-state index contributed by atoms with van der Waals surface area (Å²) in [7, 11) is 1.68. The summed E-state index contributed by atoms with van der Waals surface area (Å²) in [5.41, 5.74) is 1.89. The molecule has 1 N–H and O–H groups in total. The minimum atomic E-state index is -0.0946. The summed E-state index contributed by atoms with van der Waals surface area (Å²) in [6.45, 7) is 2.70. The fourth-order valence-electron chi connectivity index (χ4n) is 1.98. The van der Waals surface area contributed by atoms with Crippen molar-refractivity contribution in [1.29, 1.82) is 0 Å². The summed E-state index contributed by atoms with van der Waals surface area (Å²) in [5.74, 6) is 0. The van der Waals surface area contributed by atoms with E-state index in [-0.39, 0.29) is 12.1 Å². The monoisotopic (exact) mass is 291 g/mol. The predicted octanol–water partition coefficient (Wildman–Crippen LogP) is 3.17. The molecule has 20 heavy (non-hydrogen) atoms. The lowest BCUT2D eigenvalue weighted by Gasteiger charge is -2.20.